The molecule has 24 heavy (non-hydrogen) atoms. The maximum atomic E-state index is 12.2. The summed E-state index contributed by atoms with van der Waals surface area (Å²) in [5, 5.41) is 2.68. The first-order valence-corrected chi connectivity index (χ1v) is 6.40. The molecule has 6 N–H and O–H groups in total. The van der Waals surface area contributed by atoms with Crippen LogP contribution in [0.15, 0.2) is 54.6 Å². The van der Waals surface area contributed by atoms with Gasteiger partial charge in [-0.15, -0.1) is 0 Å². The fourth-order valence-electron chi connectivity index (χ4n) is 1.82. The molecule has 0 saturated carbocycles. The van der Waals surface area contributed by atoms with Crippen LogP contribution in [0.25, 0.3) is 0 Å². The summed E-state index contributed by atoms with van der Waals surface area (Å²) >= 11 is 0. The van der Waals surface area contributed by atoms with Crippen LogP contribution in [0.5, 0.6) is 0 Å². The van der Waals surface area contributed by atoms with Crippen LogP contribution in [-0.2, 0) is 21.1 Å². The van der Waals surface area contributed by atoms with Gasteiger partial charge in [-0.05, 0) is 12.1 Å². The molecule has 8 heteroatoms. The first-order chi connectivity index (χ1) is 9.72. The Morgan fingerprint density at radius 1 is 0.833 bits per heavy atom. The number of benzene rings is 2. The molecule has 0 aliphatic heterocycles. The Morgan fingerprint density at radius 2 is 1.29 bits per heavy atom. The van der Waals surface area contributed by atoms with Gasteiger partial charge in [0.15, 0.2) is 5.78 Å². The maximum absolute atomic E-state index is 12.2. The van der Waals surface area contributed by atoms with Gasteiger partial charge in [-0.2, -0.15) is 0 Å². The molecule has 2 aromatic rings. The topological polar surface area (TPSA) is 107 Å². The van der Waals surface area contributed by atoms with Gasteiger partial charge in [0.2, 0.25) is 0 Å². The number of ketones is 1. The third kappa shape index (κ3) is 7.56. The van der Waals surface area contributed by atoms with E-state index in [0.717, 1.165) is 0 Å². The number of nitrogens with two attached hydrogens (primary N) is 1. The van der Waals surface area contributed by atoms with Crippen LogP contribution in [0.1, 0.15) is 26.3 Å². The fraction of sp³-hybridized carbons (Fsp3) is 0.125. The minimum Gasteiger partial charge on any atom is -1.00 e. The van der Waals surface area contributed by atoms with Crippen LogP contribution in [0, 0.1) is 0 Å². The smallest absolute Gasteiger partial charge is 1.00 e. The van der Waals surface area contributed by atoms with Gasteiger partial charge in [0, 0.05) is 29.8 Å². The Kier molecular flexibility index (Phi) is 16.3. The standard InChI is InChI=1S/C16H16N2O2.2ClH.H3N.Pt/c17-10-11-18-16(20)14-8-6-13(7-9-14)15(19)12-4-2-1-3-5-12;;;;/h1-9H,10-11,17H2,(H,18,20);2*1H;1H3;/q;;;;+2/p-2. The molecule has 0 aliphatic rings. The minimum absolute atomic E-state index is 0. The summed E-state index contributed by atoms with van der Waals surface area (Å²) in [5.74, 6) is -0.242. The van der Waals surface area contributed by atoms with Crippen LogP contribution in [0.3, 0.4) is 0 Å². The van der Waals surface area contributed by atoms with Crippen molar-refractivity contribution in [1.29, 1.82) is 0 Å². The Bertz CT molecular complexity index is 610. The Labute approximate surface area is 168 Å². The average molecular weight is 551 g/mol. The molecule has 0 saturated heterocycles. The molecule has 2 aromatic carbocycles. The molecule has 0 spiro atoms. The molecule has 0 radical (unpaired) electrons. The number of carbonyl (C=O) groups excluding carboxylic acids is 2. The van der Waals surface area contributed by atoms with E-state index in [0.29, 0.717) is 29.8 Å². The van der Waals surface area contributed by atoms with Crippen molar-refractivity contribution in [3.63, 3.8) is 0 Å². The van der Waals surface area contributed by atoms with Crippen LogP contribution in [0.2, 0.25) is 0 Å². The number of carbonyl (C=O) groups is 2. The third-order valence-corrected chi connectivity index (χ3v) is 2.88. The Hall–Kier alpha value is -1.23. The van der Waals surface area contributed by atoms with Gasteiger partial charge >= 0.3 is 21.1 Å². The molecule has 0 fully saturated rings. The van der Waals surface area contributed by atoms with E-state index < -0.39 is 0 Å². The summed E-state index contributed by atoms with van der Waals surface area (Å²) in [5.41, 5.74) is 7.03. The van der Waals surface area contributed by atoms with Gasteiger partial charge in [-0.3, -0.25) is 9.59 Å². The normalized spacial score (nSPS) is 8.38. The van der Waals surface area contributed by atoms with Gasteiger partial charge in [0.1, 0.15) is 0 Å². The van der Waals surface area contributed by atoms with Crippen molar-refractivity contribution in [3.05, 3.63) is 71.3 Å². The molecule has 0 aromatic heterocycles. The van der Waals surface area contributed by atoms with Crippen molar-refractivity contribution in [1.82, 2.24) is 11.5 Å². The summed E-state index contributed by atoms with van der Waals surface area (Å²) in [7, 11) is 0. The van der Waals surface area contributed by atoms with Crippen molar-refractivity contribution in [2.24, 2.45) is 5.73 Å². The van der Waals surface area contributed by atoms with Crippen molar-refractivity contribution in [3.8, 4) is 0 Å². The molecule has 2 rings (SSSR count). The average Bonchev–Trinajstić information content (AvgIpc) is 2.53. The van der Waals surface area contributed by atoms with Gasteiger partial charge in [-0.1, -0.05) is 42.5 Å². The summed E-state index contributed by atoms with van der Waals surface area (Å²) in [6.07, 6.45) is 0. The number of hydrogen-bond donors (Lipinski definition) is 3. The van der Waals surface area contributed by atoms with Crippen LogP contribution < -0.4 is 42.0 Å². The quantitative estimate of drug-likeness (QED) is 0.328. The zero-order chi connectivity index (χ0) is 14.4. The number of hydrogen-bond acceptors (Lipinski definition) is 4. The fourth-order valence-corrected chi connectivity index (χ4v) is 1.82. The summed E-state index contributed by atoms with van der Waals surface area (Å²) < 4.78 is 0. The van der Waals surface area contributed by atoms with Gasteiger partial charge in [0.05, 0.1) is 0 Å². The number of rotatable bonds is 5. The summed E-state index contributed by atoms with van der Waals surface area (Å²) in [6, 6.07) is 15.6. The first-order valence-electron chi connectivity index (χ1n) is 6.40. The van der Waals surface area contributed by atoms with Crippen molar-refractivity contribution < 1.29 is 55.5 Å². The molecule has 0 heterocycles. The van der Waals surface area contributed by atoms with Crippen molar-refractivity contribution in [2.45, 2.75) is 0 Å². The number of amides is 1. The van der Waals surface area contributed by atoms with E-state index in [-0.39, 0.29) is 63.7 Å². The van der Waals surface area contributed by atoms with Crippen LogP contribution >= 0.6 is 0 Å². The van der Waals surface area contributed by atoms with E-state index in [1.807, 2.05) is 18.2 Å². The largest absolute Gasteiger partial charge is 2.00 e. The van der Waals surface area contributed by atoms with E-state index in [1.165, 1.54) is 0 Å². The summed E-state index contributed by atoms with van der Waals surface area (Å²) in [4.78, 5) is 23.9. The summed E-state index contributed by atoms with van der Waals surface area (Å²) in [6.45, 7) is 0.833. The maximum Gasteiger partial charge on any atom is 2.00 e. The second-order valence-electron chi connectivity index (χ2n) is 4.32. The second-order valence-corrected chi connectivity index (χ2v) is 4.32. The zero-order valence-corrected chi connectivity index (χ0v) is 16.6. The first kappa shape index (κ1) is 27.6. The SMILES string of the molecule is N.NCCNC(=O)c1ccc(C(=O)c2ccccc2)cc1.[Cl-].[Cl-].[Pt+2]. The van der Waals surface area contributed by atoms with Crippen LogP contribution in [-0.4, -0.2) is 24.8 Å². The van der Waals surface area contributed by atoms with Crippen molar-refractivity contribution >= 4 is 11.7 Å². The Balaban J connectivity index is -0.00000110. The molecule has 1 amide bonds. The molecular weight excluding hydrogens is 532 g/mol. The molecule has 5 nitrogen and oxygen atoms in total. The molecule has 134 valence electrons. The van der Waals surface area contributed by atoms with E-state index in [9.17, 15) is 9.59 Å². The molecule has 0 unspecified atom stereocenters. The van der Waals surface area contributed by atoms with Crippen LogP contribution in [0.4, 0.5) is 0 Å². The van der Waals surface area contributed by atoms with E-state index in [2.05, 4.69) is 5.32 Å². The second kappa shape index (κ2) is 14.1. The minimum atomic E-state index is -0.186. The predicted molar refractivity (Wildman–Crippen MR) is 82.7 cm³/mol. The van der Waals surface area contributed by atoms with Gasteiger partial charge in [-0.25, -0.2) is 0 Å². The van der Waals surface area contributed by atoms with E-state index in [4.69, 9.17) is 5.73 Å². The van der Waals surface area contributed by atoms with Crippen molar-refractivity contribution in [2.75, 3.05) is 13.1 Å². The monoisotopic (exact) mass is 550 g/mol. The molecule has 0 atom stereocenters. The van der Waals surface area contributed by atoms with E-state index in [1.54, 1.807) is 36.4 Å². The number of nitrogens with one attached hydrogen (secondary N) is 1. The van der Waals surface area contributed by atoms with Gasteiger partial charge in [0.25, 0.3) is 5.91 Å². The predicted octanol–water partition coefficient (Wildman–Crippen LogP) is -4.23. The van der Waals surface area contributed by atoms with Gasteiger partial charge < -0.3 is 42.0 Å². The third-order valence-electron chi connectivity index (χ3n) is 2.88. The van der Waals surface area contributed by atoms with E-state index >= 15 is 0 Å². The molecule has 0 bridgehead atoms. The molecule has 0 aliphatic carbocycles. The number of halogens is 2. The molecular formula is C16H19Cl2N3O2Pt. The zero-order valence-electron chi connectivity index (χ0n) is 12.8. The Morgan fingerprint density at radius 3 is 1.79 bits per heavy atom.